The highest BCUT2D eigenvalue weighted by Crippen LogP contribution is 2.19. The predicted octanol–water partition coefficient (Wildman–Crippen LogP) is 2.00. The van der Waals surface area contributed by atoms with E-state index in [-0.39, 0.29) is 5.06 Å². The first kappa shape index (κ1) is 9.90. The number of quaternary nitrogens is 1. The van der Waals surface area contributed by atoms with Gasteiger partial charge >= 0.3 is 0 Å². The molecule has 1 unspecified atom stereocenters. The topological polar surface area (TPSA) is 27.5 Å². The van der Waals surface area contributed by atoms with Crippen LogP contribution in [0.4, 0.5) is 5.69 Å². The van der Waals surface area contributed by atoms with E-state index in [0.717, 1.165) is 11.3 Å². The maximum absolute atomic E-state index is 11.1. The van der Waals surface area contributed by atoms with Crippen LogP contribution in [-0.2, 0) is 0 Å². The van der Waals surface area contributed by atoms with Crippen molar-refractivity contribution in [2.75, 3.05) is 7.05 Å². The smallest absolute Gasteiger partial charge is 0.131 e. The molecule has 0 aliphatic heterocycles. The van der Waals surface area contributed by atoms with E-state index < -0.39 is 0 Å². The predicted molar refractivity (Wildman–Crippen MR) is 61.8 cm³/mol. The normalized spacial score (nSPS) is 12.4. The van der Waals surface area contributed by atoms with Gasteiger partial charge in [-0.3, -0.25) is 0 Å². The molecule has 15 heavy (non-hydrogen) atoms. The van der Waals surface area contributed by atoms with Crippen LogP contribution in [0, 0.1) is 5.21 Å². The maximum Gasteiger partial charge on any atom is 0.131 e. The molecule has 0 heterocycles. The minimum absolute atomic E-state index is 0.106. The molecule has 0 aliphatic rings. The number of rotatable bonds is 2. The first-order valence-corrected chi connectivity index (χ1v) is 4.94. The molecule has 2 nitrogen and oxygen atoms in total. The van der Waals surface area contributed by atoms with Crippen molar-refractivity contribution >= 4 is 5.69 Å². The zero-order valence-corrected chi connectivity index (χ0v) is 8.60. The van der Waals surface area contributed by atoms with Crippen LogP contribution in [0.1, 0.15) is 0 Å². The molecule has 0 radical (unpaired) electrons. The Morgan fingerprint density at radius 1 is 0.800 bits per heavy atom. The lowest BCUT2D eigenvalue weighted by atomic mass is 10.1. The molecule has 0 saturated heterocycles. The van der Waals surface area contributed by atoms with Gasteiger partial charge in [-0.2, -0.15) is 0 Å². The fourth-order valence-electron chi connectivity index (χ4n) is 1.53. The Hall–Kier alpha value is -1.64. The summed E-state index contributed by atoms with van der Waals surface area (Å²) in [6.45, 7) is 0. The molecular formula is C13H13NO. The van der Waals surface area contributed by atoms with Crippen LogP contribution in [0.25, 0.3) is 11.1 Å². The lowest BCUT2D eigenvalue weighted by Crippen LogP contribution is -2.98. The average molecular weight is 199 g/mol. The lowest BCUT2D eigenvalue weighted by Gasteiger charge is -2.15. The van der Waals surface area contributed by atoms with Crippen molar-refractivity contribution < 1.29 is 5.06 Å². The molecule has 0 spiro atoms. The fraction of sp³-hybridized carbons (Fsp3) is 0.0769. The fourth-order valence-corrected chi connectivity index (χ4v) is 1.53. The summed E-state index contributed by atoms with van der Waals surface area (Å²) in [6, 6.07) is 17.8. The highest BCUT2D eigenvalue weighted by molar-refractivity contribution is 5.64. The van der Waals surface area contributed by atoms with Crippen LogP contribution in [0.3, 0.4) is 0 Å². The second-order valence-electron chi connectivity index (χ2n) is 3.50. The number of hydrogen-bond donors (Lipinski definition) is 1. The highest BCUT2D eigenvalue weighted by Gasteiger charge is 1.99. The Balaban J connectivity index is 2.32. The molecule has 1 N–H and O–H groups in total. The summed E-state index contributed by atoms with van der Waals surface area (Å²) in [5.74, 6) is 0. The van der Waals surface area contributed by atoms with Crippen LogP contribution in [0.5, 0.6) is 0 Å². The van der Waals surface area contributed by atoms with E-state index in [1.165, 1.54) is 5.56 Å². The monoisotopic (exact) mass is 199 g/mol. The van der Waals surface area contributed by atoms with Crippen LogP contribution < -0.4 is 5.06 Å². The van der Waals surface area contributed by atoms with E-state index in [9.17, 15) is 5.21 Å². The van der Waals surface area contributed by atoms with E-state index in [1.807, 2.05) is 42.5 Å². The number of hydrogen-bond acceptors (Lipinski definition) is 1. The summed E-state index contributed by atoms with van der Waals surface area (Å²) in [6.07, 6.45) is 0. The minimum atomic E-state index is 0.106. The highest BCUT2D eigenvalue weighted by atomic mass is 16.5. The van der Waals surface area contributed by atoms with Gasteiger partial charge in [0, 0.05) is 0 Å². The maximum atomic E-state index is 11.1. The number of nitrogens with one attached hydrogen (secondary N) is 1. The van der Waals surface area contributed by atoms with E-state index in [0.29, 0.717) is 0 Å². The second-order valence-corrected chi connectivity index (χ2v) is 3.50. The zero-order valence-electron chi connectivity index (χ0n) is 8.60. The molecular weight excluding hydrogens is 186 g/mol. The Morgan fingerprint density at radius 3 is 1.87 bits per heavy atom. The van der Waals surface area contributed by atoms with Gasteiger partial charge < -0.3 is 10.3 Å². The second kappa shape index (κ2) is 4.26. The molecule has 76 valence electrons. The van der Waals surface area contributed by atoms with Gasteiger partial charge in [-0.1, -0.05) is 30.3 Å². The van der Waals surface area contributed by atoms with Crippen LogP contribution in [0.2, 0.25) is 0 Å². The van der Waals surface area contributed by atoms with E-state index in [4.69, 9.17) is 0 Å². The van der Waals surface area contributed by atoms with Crippen LogP contribution >= 0.6 is 0 Å². The summed E-state index contributed by atoms with van der Waals surface area (Å²) < 4.78 is 0. The Kier molecular flexibility index (Phi) is 2.81. The molecule has 2 rings (SSSR count). The Labute approximate surface area is 89.4 Å². The zero-order chi connectivity index (χ0) is 10.7. The van der Waals surface area contributed by atoms with Crippen molar-refractivity contribution in [3.05, 3.63) is 59.8 Å². The quantitative estimate of drug-likeness (QED) is 0.736. The van der Waals surface area contributed by atoms with Crippen molar-refractivity contribution in [2.24, 2.45) is 0 Å². The van der Waals surface area contributed by atoms with Crippen molar-refractivity contribution in [3.63, 3.8) is 0 Å². The molecule has 2 aromatic rings. The molecule has 0 aliphatic carbocycles. The first-order valence-electron chi connectivity index (χ1n) is 4.94. The van der Waals surface area contributed by atoms with Crippen molar-refractivity contribution in [3.8, 4) is 11.1 Å². The van der Waals surface area contributed by atoms with Gasteiger partial charge in [0.2, 0.25) is 0 Å². The van der Waals surface area contributed by atoms with Crippen LogP contribution in [-0.4, -0.2) is 7.05 Å². The largest absolute Gasteiger partial charge is 0.629 e. The minimum Gasteiger partial charge on any atom is -0.629 e. The first-order chi connectivity index (χ1) is 7.27. The standard InChI is InChI=1S/C13H13NO/c1-14(15)13-9-7-12(8-10-13)11-5-3-2-4-6-11/h2-10,14H,1H3. The number of benzene rings is 2. The van der Waals surface area contributed by atoms with E-state index >= 15 is 0 Å². The molecule has 2 heteroatoms. The summed E-state index contributed by atoms with van der Waals surface area (Å²) in [4.78, 5) is 0. The molecule has 0 bridgehead atoms. The summed E-state index contributed by atoms with van der Waals surface area (Å²) >= 11 is 0. The molecule has 0 aromatic heterocycles. The Bertz CT molecular complexity index is 420. The van der Waals surface area contributed by atoms with Crippen molar-refractivity contribution in [1.29, 1.82) is 0 Å². The molecule has 1 atom stereocenters. The van der Waals surface area contributed by atoms with E-state index in [2.05, 4.69) is 12.1 Å². The van der Waals surface area contributed by atoms with Gasteiger partial charge in [0.05, 0.1) is 7.05 Å². The lowest BCUT2D eigenvalue weighted by molar-refractivity contribution is -0.751. The van der Waals surface area contributed by atoms with Gasteiger partial charge in [0.1, 0.15) is 5.69 Å². The number of hydroxylamine groups is 1. The van der Waals surface area contributed by atoms with E-state index in [1.54, 1.807) is 7.05 Å². The summed E-state index contributed by atoms with van der Waals surface area (Å²) in [5, 5.41) is 11.2. The Morgan fingerprint density at radius 2 is 1.33 bits per heavy atom. The third kappa shape index (κ3) is 2.24. The average Bonchev–Trinajstić information content (AvgIpc) is 2.30. The SMILES string of the molecule is C[NH+]([O-])c1ccc(-c2ccccc2)cc1. The van der Waals surface area contributed by atoms with Gasteiger partial charge in [-0.25, -0.2) is 0 Å². The van der Waals surface area contributed by atoms with Gasteiger partial charge in [-0.15, -0.1) is 0 Å². The van der Waals surface area contributed by atoms with Crippen molar-refractivity contribution in [1.82, 2.24) is 0 Å². The molecule has 0 saturated carbocycles. The van der Waals surface area contributed by atoms with Crippen LogP contribution in [0.15, 0.2) is 54.6 Å². The summed E-state index contributed by atoms with van der Waals surface area (Å²) in [5.41, 5.74) is 3.07. The molecule has 0 fully saturated rings. The third-order valence-electron chi connectivity index (χ3n) is 2.40. The molecule has 0 amide bonds. The third-order valence-corrected chi connectivity index (χ3v) is 2.40. The molecule has 2 aromatic carbocycles. The van der Waals surface area contributed by atoms with Crippen molar-refractivity contribution in [2.45, 2.75) is 0 Å². The van der Waals surface area contributed by atoms with Gasteiger partial charge in [0.15, 0.2) is 0 Å². The summed E-state index contributed by atoms with van der Waals surface area (Å²) in [7, 11) is 1.58. The van der Waals surface area contributed by atoms with Gasteiger partial charge in [-0.05, 0) is 35.4 Å². The van der Waals surface area contributed by atoms with Gasteiger partial charge in [0.25, 0.3) is 0 Å².